The van der Waals surface area contributed by atoms with Crippen LogP contribution in [0.5, 0.6) is 0 Å². The Morgan fingerprint density at radius 2 is 1.75 bits per heavy atom. The lowest BCUT2D eigenvalue weighted by molar-refractivity contribution is 0.199. The Bertz CT molecular complexity index is 478. The smallest absolute Gasteiger partial charge is 0.126 e. The average molecular weight is 277 g/mol. The number of aliphatic hydroxyl groups is 1. The van der Waals surface area contributed by atoms with Gasteiger partial charge >= 0.3 is 0 Å². The number of nitrogens with zero attached hydrogens (tertiary/aromatic N) is 1. The van der Waals surface area contributed by atoms with Crippen LogP contribution in [0.15, 0.2) is 12.1 Å². The van der Waals surface area contributed by atoms with Crippen molar-refractivity contribution >= 4 is 5.69 Å². The van der Waals surface area contributed by atoms with Gasteiger partial charge in [-0.2, -0.15) is 0 Å². The molecule has 1 atom stereocenters. The lowest BCUT2D eigenvalue weighted by atomic mass is 10.0. The first kappa shape index (κ1) is 13.9. The summed E-state index contributed by atoms with van der Waals surface area (Å²) in [7, 11) is 0. The third-order valence-corrected chi connectivity index (χ3v) is 4.45. The van der Waals surface area contributed by atoms with Crippen molar-refractivity contribution in [1.29, 1.82) is 0 Å². The predicted molar refractivity (Wildman–Crippen MR) is 79.4 cm³/mol. The van der Waals surface area contributed by atoms with Crippen molar-refractivity contribution in [2.75, 3.05) is 18.0 Å². The highest BCUT2D eigenvalue weighted by molar-refractivity contribution is 5.57. The number of halogens is 1. The molecule has 2 aliphatic rings. The molecule has 0 amide bonds. The second-order valence-corrected chi connectivity index (χ2v) is 6.63. The van der Waals surface area contributed by atoms with Crippen LogP contribution in [-0.2, 0) is 0 Å². The first-order valence-corrected chi connectivity index (χ1v) is 7.77. The molecule has 0 spiro atoms. The molecule has 0 aliphatic heterocycles. The summed E-state index contributed by atoms with van der Waals surface area (Å²) in [5.74, 6) is 1.37. The average Bonchev–Trinajstić information content (AvgIpc) is 3.26. The lowest BCUT2D eigenvalue weighted by Gasteiger charge is -2.29. The highest BCUT2D eigenvalue weighted by atomic mass is 19.1. The van der Waals surface area contributed by atoms with Gasteiger partial charge in [0.2, 0.25) is 0 Å². The van der Waals surface area contributed by atoms with Crippen LogP contribution in [0.4, 0.5) is 10.1 Å². The fourth-order valence-electron chi connectivity index (χ4n) is 2.79. The number of aryl methyl sites for hydroxylation is 1. The standard InChI is InChI=1S/C17H24FNO/c1-11-7-17(15(12(2)20)8-16(11)18)19(9-13-3-4-13)10-14-5-6-14/h7-8,12-14,20H,3-6,9-10H2,1-2H3. The van der Waals surface area contributed by atoms with Gasteiger partial charge in [-0.3, -0.25) is 0 Å². The van der Waals surface area contributed by atoms with Crippen molar-refractivity contribution in [2.24, 2.45) is 11.8 Å². The summed E-state index contributed by atoms with van der Waals surface area (Å²) in [5, 5.41) is 9.97. The zero-order valence-electron chi connectivity index (χ0n) is 12.4. The largest absolute Gasteiger partial charge is 0.389 e. The molecule has 3 rings (SSSR count). The molecule has 0 aromatic heterocycles. The summed E-state index contributed by atoms with van der Waals surface area (Å²) < 4.78 is 13.8. The van der Waals surface area contributed by atoms with E-state index in [0.717, 1.165) is 36.2 Å². The summed E-state index contributed by atoms with van der Waals surface area (Å²) >= 11 is 0. The van der Waals surface area contributed by atoms with Gasteiger partial charge in [-0.15, -0.1) is 0 Å². The van der Waals surface area contributed by atoms with Gasteiger partial charge in [0.15, 0.2) is 0 Å². The molecule has 1 N–H and O–H groups in total. The van der Waals surface area contributed by atoms with Gasteiger partial charge in [0.25, 0.3) is 0 Å². The topological polar surface area (TPSA) is 23.5 Å². The third kappa shape index (κ3) is 3.14. The van der Waals surface area contributed by atoms with Crippen LogP contribution in [-0.4, -0.2) is 18.2 Å². The lowest BCUT2D eigenvalue weighted by Crippen LogP contribution is -2.29. The molecular formula is C17H24FNO. The van der Waals surface area contributed by atoms with Crippen LogP contribution in [0.2, 0.25) is 0 Å². The number of aliphatic hydroxyl groups excluding tert-OH is 1. The van der Waals surface area contributed by atoms with E-state index in [1.54, 1.807) is 13.8 Å². The van der Waals surface area contributed by atoms with Gasteiger partial charge in [-0.1, -0.05) is 0 Å². The van der Waals surface area contributed by atoms with Gasteiger partial charge in [0, 0.05) is 24.3 Å². The molecule has 1 aromatic rings. The van der Waals surface area contributed by atoms with Crippen LogP contribution in [0.25, 0.3) is 0 Å². The van der Waals surface area contributed by atoms with Crippen molar-refractivity contribution < 1.29 is 9.50 Å². The number of anilines is 1. The maximum Gasteiger partial charge on any atom is 0.126 e. The van der Waals surface area contributed by atoms with Gasteiger partial charge in [0.05, 0.1) is 6.10 Å². The molecule has 1 unspecified atom stereocenters. The van der Waals surface area contributed by atoms with Crippen molar-refractivity contribution in [3.05, 3.63) is 29.1 Å². The van der Waals surface area contributed by atoms with Gasteiger partial charge in [-0.25, -0.2) is 4.39 Å². The first-order valence-electron chi connectivity index (χ1n) is 7.77. The molecule has 0 bridgehead atoms. The minimum Gasteiger partial charge on any atom is -0.389 e. The monoisotopic (exact) mass is 277 g/mol. The Labute approximate surface area is 120 Å². The summed E-state index contributed by atoms with van der Waals surface area (Å²) in [6, 6.07) is 3.43. The molecule has 0 saturated heterocycles. The summed E-state index contributed by atoms with van der Waals surface area (Å²) in [6.45, 7) is 5.64. The molecular weight excluding hydrogens is 253 g/mol. The molecule has 2 saturated carbocycles. The second-order valence-electron chi connectivity index (χ2n) is 6.63. The maximum atomic E-state index is 13.8. The van der Waals surface area contributed by atoms with Crippen LogP contribution in [0.3, 0.4) is 0 Å². The highest BCUT2D eigenvalue weighted by Crippen LogP contribution is 2.38. The van der Waals surface area contributed by atoms with Crippen LogP contribution in [0.1, 0.15) is 49.8 Å². The van der Waals surface area contributed by atoms with E-state index in [-0.39, 0.29) is 5.82 Å². The summed E-state index contributed by atoms with van der Waals surface area (Å²) in [6.07, 6.45) is 4.62. The number of rotatable bonds is 6. The molecule has 2 aliphatic carbocycles. The Balaban J connectivity index is 1.91. The van der Waals surface area contributed by atoms with E-state index in [1.807, 2.05) is 6.07 Å². The molecule has 2 nitrogen and oxygen atoms in total. The second kappa shape index (κ2) is 5.36. The summed E-state index contributed by atoms with van der Waals surface area (Å²) in [5.41, 5.74) is 2.44. The molecule has 110 valence electrons. The van der Waals surface area contributed by atoms with Crippen molar-refractivity contribution in [3.63, 3.8) is 0 Å². The number of hydrogen-bond acceptors (Lipinski definition) is 2. The molecule has 0 heterocycles. The molecule has 0 radical (unpaired) electrons. The SMILES string of the molecule is Cc1cc(N(CC2CC2)CC2CC2)c(C(C)O)cc1F. The Kier molecular flexibility index (Phi) is 3.72. The minimum atomic E-state index is -0.624. The van der Waals surface area contributed by atoms with E-state index in [2.05, 4.69) is 4.90 Å². The van der Waals surface area contributed by atoms with E-state index in [4.69, 9.17) is 0 Å². The van der Waals surface area contributed by atoms with Gasteiger partial charge < -0.3 is 10.0 Å². The number of benzene rings is 1. The van der Waals surface area contributed by atoms with Crippen molar-refractivity contribution in [1.82, 2.24) is 0 Å². The molecule has 1 aromatic carbocycles. The van der Waals surface area contributed by atoms with E-state index >= 15 is 0 Å². The van der Waals surface area contributed by atoms with Crippen LogP contribution in [0, 0.1) is 24.6 Å². The fourth-order valence-corrected chi connectivity index (χ4v) is 2.79. The minimum absolute atomic E-state index is 0.220. The normalized spacial score (nSPS) is 20.0. The zero-order valence-corrected chi connectivity index (χ0v) is 12.4. The zero-order chi connectivity index (χ0) is 14.3. The van der Waals surface area contributed by atoms with E-state index in [9.17, 15) is 9.50 Å². The molecule has 3 heteroatoms. The molecule has 2 fully saturated rings. The molecule has 20 heavy (non-hydrogen) atoms. The number of hydrogen-bond donors (Lipinski definition) is 1. The predicted octanol–water partition coefficient (Wildman–Crippen LogP) is 3.81. The van der Waals surface area contributed by atoms with Crippen molar-refractivity contribution in [3.8, 4) is 0 Å². The van der Waals surface area contributed by atoms with E-state index < -0.39 is 6.10 Å². The van der Waals surface area contributed by atoms with Crippen molar-refractivity contribution in [2.45, 2.75) is 45.6 Å². The highest BCUT2D eigenvalue weighted by Gasteiger charge is 2.30. The quantitative estimate of drug-likeness (QED) is 0.854. The van der Waals surface area contributed by atoms with Gasteiger partial charge in [-0.05, 0) is 69.1 Å². The first-order chi connectivity index (χ1) is 9.54. The Morgan fingerprint density at radius 3 is 2.20 bits per heavy atom. The van der Waals surface area contributed by atoms with Gasteiger partial charge in [0.1, 0.15) is 5.82 Å². The van der Waals surface area contributed by atoms with E-state index in [0.29, 0.717) is 5.56 Å². The van der Waals surface area contributed by atoms with Crippen LogP contribution >= 0.6 is 0 Å². The van der Waals surface area contributed by atoms with E-state index in [1.165, 1.54) is 31.7 Å². The summed E-state index contributed by atoms with van der Waals surface area (Å²) in [4.78, 5) is 2.39. The van der Waals surface area contributed by atoms with Crippen LogP contribution < -0.4 is 4.90 Å². The third-order valence-electron chi connectivity index (χ3n) is 4.45. The maximum absolute atomic E-state index is 13.8. The Morgan fingerprint density at radius 1 is 1.20 bits per heavy atom. The Hall–Kier alpha value is -1.09. The fraction of sp³-hybridized carbons (Fsp3) is 0.647.